The van der Waals surface area contributed by atoms with E-state index in [-0.39, 0.29) is 11.4 Å². The van der Waals surface area contributed by atoms with Crippen molar-refractivity contribution in [3.8, 4) is 5.88 Å². The molecule has 2 aromatic rings. The zero-order valence-corrected chi connectivity index (χ0v) is 11.0. The van der Waals surface area contributed by atoms with Crippen molar-refractivity contribution in [2.45, 2.75) is 17.1 Å². The lowest BCUT2D eigenvalue weighted by molar-refractivity contribution is 0.326. The second-order valence-electron chi connectivity index (χ2n) is 3.55. The number of nitrogens with zero attached hydrogens (tertiary/aromatic N) is 2. The first kappa shape index (κ1) is 13.2. The van der Waals surface area contributed by atoms with Gasteiger partial charge in [0.1, 0.15) is 10.8 Å². The van der Waals surface area contributed by atoms with Crippen molar-refractivity contribution in [3.63, 3.8) is 0 Å². The average molecular weight is 279 g/mol. The van der Waals surface area contributed by atoms with Gasteiger partial charge in [-0.05, 0) is 30.8 Å². The van der Waals surface area contributed by atoms with Crippen LogP contribution >= 0.6 is 11.8 Å². The number of aromatic amines is 1. The Morgan fingerprint density at radius 3 is 2.84 bits per heavy atom. The number of ether oxygens (including phenoxy) is 1. The van der Waals surface area contributed by atoms with E-state index in [4.69, 9.17) is 16.2 Å². The van der Waals surface area contributed by atoms with Gasteiger partial charge in [-0.25, -0.2) is 9.97 Å². The molecule has 0 saturated carbocycles. The maximum Gasteiger partial charge on any atom is 0.253 e. The minimum absolute atomic E-state index is 0.159. The molecule has 8 heteroatoms. The predicted octanol–water partition coefficient (Wildman–Crippen LogP) is 0.879. The highest BCUT2D eigenvalue weighted by atomic mass is 32.2. The van der Waals surface area contributed by atoms with Crippen molar-refractivity contribution >= 4 is 23.3 Å². The van der Waals surface area contributed by atoms with Gasteiger partial charge in [-0.2, -0.15) is 0 Å². The SMILES string of the molecule is CCOc1nc(Sc2nc(N)cc(=O)[nH]2)ccc1N. The summed E-state index contributed by atoms with van der Waals surface area (Å²) in [6.07, 6.45) is 0. The number of pyridine rings is 1. The topological polar surface area (TPSA) is 120 Å². The first-order chi connectivity index (χ1) is 9.08. The lowest BCUT2D eigenvalue weighted by Crippen LogP contribution is -2.09. The highest BCUT2D eigenvalue weighted by Crippen LogP contribution is 2.27. The van der Waals surface area contributed by atoms with Gasteiger partial charge in [0.05, 0.1) is 12.3 Å². The fourth-order valence-electron chi connectivity index (χ4n) is 1.34. The Bertz CT molecular complexity index is 643. The number of nitrogen functional groups attached to an aromatic ring is 2. The fraction of sp³-hybridized carbons (Fsp3) is 0.182. The molecule has 2 rings (SSSR count). The summed E-state index contributed by atoms with van der Waals surface area (Å²) in [5, 5.41) is 0.969. The van der Waals surface area contributed by atoms with Crippen molar-refractivity contribution in [3.05, 3.63) is 28.6 Å². The molecule has 7 nitrogen and oxygen atoms in total. The molecule has 0 bridgehead atoms. The van der Waals surface area contributed by atoms with E-state index in [1.165, 1.54) is 17.8 Å². The Morgan fingerprint density at radius 1 is 1.37 bits per heavy atom. The van der Waals surface area contributed by atoms with E-state index in [1.807, 2.05) is 6.92 Å². The van der Waals surface area contributed by atoms with Gasteiger partial charge in [-0.15, -0.1) is 0 Å². The van der Waals surface area contributed by atoms with Crippen LogP contribution in [0.15, 0.2) is 33.2 Å². The molecule has 19 heavy (non-hydrogen) atoms. The van der Waals surface area contributed by atoms with E-state index in [0.29, 0.717) is 28.4 Å². The Kier molecular flexibility index (Phi) is 3.91. The van der Waals surface area contributed by atoms with Crippen molar-refractivity contribution in [1.82, 2.24) is 15.0 Å². The van der Waals surface area contributed by atoms with Gasteiger partial charge in [0.25, 0.3) is 5.56 Å². The van der Waals surface area contributed by atoms with Crippen molar-refractivity contribution in [2.75, 3.05) is 18.1 Å². The van der Waals surface area contributed by atoms with Gasteiger partial charge in [0, 0.05) is 6.07 Å². The molecule has 0 aliphatic heterocycles. The molecule has 2 aromatic heterocycles. The molecule has 0 atom stereocenters. The highest BCUT2D eigenvalue weighted by molar-refractivity contribution is 7.99. The van der Waals surface area contributed by atoms with Crippen LogP contribution in [0.2, 0.25) is 0 Å². The summed E-state index contributed by atoms with van der Waals surface area (Å²) in [6.45, 7) is 2.32. The minimum atomic E-state index is -0.310. The summed E-state index contributed by atoms with van der Waals surface area (Å²) >= 11 is 1.17. The average Bonchev–Trinajstić information content (AvgIpc) is 2.32. The number of nitrogens with two attached hydrogens (primary N) is 2. The third-order valence-electron chi connectivity index (χ3n) is 2.09. The standard InChI is InChI=1S/C11H13N5O2S/c1-2-18-10-6(12)3-4-9(16-10)19-11-14-7(13)5-8(17)15-11/h3-5H,2,12H2,1H3,(H3,13,14,15,17). The smallest absolute Gasteiger partial charge is 0.253 e. The Hall–Kier alpha value is -2.22. The summed E-state index contributed by atoms with van der Waals surface area (Å²) in [4.78, 5) is 22.1. The third kappa shape index (κ3) is 3.38. The van der Waals surface area contributed by atoms with E-state index in [2.05, 4.69) is 15.0 Å². The zero-order chi connectivity index (χ0) is 13.8. The number of hydrogen-bond acceptors (Lipinski definition) is 7. The van der Waals surface area contributed by atoms with E-state index < -0.39 is 0 Å². The fourth-order valence-corrected chi connectivity index (χ4v) is 2.11. The van der Waals surface area contributed by atoms with Gasteiger partial charge in [0.15, 0.2) is 5.16 Å². The second-order valence-corrected chi connectivity index (χ2v) is 4.56. The number of H-pyrrole nitrogens is 1. The number of hydrogen-bond donors (Lipinski definition) is 3. The summed E-state index contributed by atoms with van der Waals surface area (Å²) in [5.41, 5.74) is 11.4. The van der Waals surface area contributed by atoms with Crippen LogP contribution in [0, 0.1) is 0 Å². The summed E-state index contributed by atoms with van der Waals surface area (Å²) in [5.74, 6) is 0.519. The lowest BCUT2D eigenvalue weighted by Gasteiger charge is -2.07. The number of rotatable bonds is 4. The van der Waals surface area contributed by atoms with Crippen LogP contribution < -0.4 is 21.8 Å². The van der Waals surface area contributed by atoms with Crippen molar-refractivity contribution < 1.29 is 4.74 Å². The summed E-state index contributed by atoms with van der Waals surface area (Å²) in [6, 6.07) is 4.61. The summed E-state index contributed by atoms with van der Waals surface area (Å²) < 4.78 is 5.30. The Balaban J connectivity index is 2.27. The molecule has 0 aliphatic rings. The van der Waals surface area contributed by atoms with Gasteiger partial charge in [0.2, 0.25) is 5.88 Å². The van der Waals surface area contributed by atoms with Crippen LogP contribution in [-0.2, 0) is 0 Å². The van der Waals surface area contributed by atoms with Gasteiger partial charge < -0.3 is 21.2 Å². The van der Waals surface area contributed by atoms with Gasteiger partial charge in [-0.3, -0.25) is 4.79 Å². The predicted molar refractivity (Wildman–Crippen MR) is 73.2 cm³/mol. The van der Waals surface area contributed by atoms with Crippen molar-refractivity contribution in [2.24, 2.45) is 0 Å². The Labute approximate surface area is 113 Å². The van der Waals surface area contributed by atoms with Crippen LogP contribution in [0.4, 0.5) is 11.5 Å². The van der Waals surface area contributed by atoms with E-state index in [0.717, 1.165) is 0 Å². The molecule has 0 aliphatic carbocycles. The normalized spacial score (nSPS) is 10.4. The quantitative estimate of drug-likeness (QED) is 0.710. The van der Waals surface area contributed by atoms with Crippen LogP contribution in [0.1, 0.15) is 6.92 Å². The largest absolute Gasteiger partial charge is 0.476 e. The second kappa shape index (κ2) is 5.61. The molecule has 0 aromatic carbocycles. The van der Waals surface area contributed by atoms with Crippen LogP contribution in [0.5, 0.6) is 5.88 Å². The maximum absolute atomic E-state index is 11.3. The molecule has 0 amide bonds. The minimum Gasteiger partial charge on any atom is -0.476 e. The molecular weight excluding hydrogens is 266 g/mol. The van der Waals surface area contributed by atoms with Crippen LogP contribution in [-0.4, -0.2) is 21.6 Å². The first-order valence-corrected chi connectivity index (χ1v) is 6.34. The van der Waals surface area contributed by atoms with Crippen LogP contribution in [0.25, 0.3) is 0 Å². The number of nitrogens with one attached hydrogen (secondary N) is 1. The molecular formula is C11H13N5O2S. The van der Waals surface area contributed by atoms with Gasteiger partial charge >= 0.3 is 0 Å². The van der Waals surface area contributed by atoms with E-state index in [1.54, 1.807) is 12.1 Å². The number of aromatic nitrogens is 3. The van der Waals surface area contributed by atoms with E-state index in [9.17, 15) is 4.79 Å². The molecule has 0 radical (unpaired) electrons. The zero-order valence-electron chi connectivity index (χ0n) is 10.2. The molecule has 100 valence electrons. The third-order valence-corrected chi connectivity index (χ3v) is 2.91. The molecule has 2 heterocycles. The molecule has 0 saturated heterocycles. The first-order valence-electron chi connectivity index (χ1n) is 5.52. The summed E-state index contributed by atoms with van der Waals surface area (Å²) in [7, 11) is 0. The van der Waals surface area contributed by atoms with Crippen LogP contribution in [0.3, 0.4) is 0 Å². The molecule has 0 unspecified atom stereocenters. The molecule has 0 fully saturated rings. The highest BCUT2D eigenvalue weighted by Gasteiger charge is 2.07. The number of anilines is 2. The lowest BCUT2D eigenvalue weighted by atomic mass is 10.4. The maximum atomic E-state index is 11.3. The molecule has 0 spiro atoms. The van der Waals surface area contributed by atoms with Gasteiger partial charge in [-0.1, -0.05) is 0 Å². The monoisotopic (exact) mass is 279 g/mol. The van der Waals surface area contributed by atoms with Crippen molar-refractivity contribution in [1.29, 1.82) is 0 Å². The van der Waals surface area contributed by atoms with E-state index >= 15 is 0 Å². The Morgan fingerprint density at radius 2 is 2.16 bits per heavy atom. The molecule has 5 N–H and O–H groups in total.